The molecule has 2 aromatic rings. The Morgan fingerprint density at radius 2 is 2.00 bits per heavy atom. The Balaban J connectivity index is 2.08. The molecule has 0 amide bonds. The lowest BCUT2D eigenvalue weighted by atomic mass is 10.1. The van der Waals surface area contributed by atoms with Gasteiger partial charge in [0.05, 0.1) is 5.69 Å². The number of hydrogen-bond acceptors (Lipinski definition) is 4. The van der Waals surface area contributed by atoms with E-state index in [0.29, 0.717) is 12.0 Å². The molecule has 0 aliphatic carbocycles. The highest BCUT2D eigenvalue weighted by molar-refractivity contribution is 5.93. The molecule has 4 nitrogen and oxygen atoms in total. The van der Waals surface area contributed by atoms with Crippen LogP contribution in [0.3, 0.4) is 0 Å². The third kappa shape index (κ3) is 2.06. The molecule has 1 fully saturated rings. The van der Waals surface area contributed by atoms with E-state index in [4.69, 9.17) is 5.73 Å². The lowest BCUT2D eigenvalue weighted by Gasteiger charge is -2.23. The summed E-state index contributed by atoms with van der Waals surface area (Å²) in [4.78, 5) is 2.35. The van der Waals surface area contributed by atoms with Crippen molar-refractivity contribution in [3.8, 4) is 0 Å². The van der Waals surface area contributed by atoms with Crippen molar-refractivity contribution in [2.75, 3.05) is 18.0 Å². The number of nitrogens with two attached hydrogens (primary N) is 1. The Hall–Kier alpha value is -1.68. The van der Waals surface area contributed by atoms with Crippen molar-refractivity contribution >= 4 is 16.6 Å². The van der Waals surface area contributed by atoms with Crippen molar-refractivity contribution in [2.24, 2.45) is 11.7 Å². The van der Waals surface area contributed by atoms with Gasteiger partial charge in [-0.15, -0.1) is 5.10 Å². The van der Waals surface area contributed by atoms with Gasteiger partial charge < -0.3 is 10.6 Å². The Bertz CT molecular complexity index is 596. The molecule has 1 saturated heterocycles. The maximum absolute atomic E-state index is 5.81. The third-order valence-corrected chi connectivity index (χ3v) is 4.12. The number of aryl methyl sites for hydroxylation is 1. The SMILES string of the molecule is Cc1nnc(N2CC(CN)CC2C)c2ccccc12. The van der Waals surface area contributed by atoms with Gasteiger partial charge in [-0.1, -0.05) is 24.3 Å². The van der Waals surface area contributed by atoms with Crippen LogP contribution in [0.15, 0.2) is 24.3 Å². The standard InChI is InChI=1S/C15H20N4/c1-10-7-12(8-16)9-19(10)15-14-6-4-3-5-13(14)11(2)17-18-15/h3-6,10,12H,7-9,16H2,1-2H3. The van der Waals surface area contributed by atoms with E-state index >= 15 is 0 Å². The number of anilines is 1. The molecule has 2 atom stereocenters. The minimum Gasteiger partial charge on any atom is -0.352 e. The van der Waals surface area contributed by atoms with Crippen molar-refractivity contribution < 1.29 is 0 Å². The summed E-state index contributed by atoms with van der Waals surface area (Å²) in [5.41, 5.74) is 6.80. The Kier molecular flexibility index (Phi) is 3.11. The van der Waals surface area contributed by atoms with E-state index in [-0.39, 0.29) is 0 Å². The van der Waals surface area contributed by atoms with Gasteiger partial charge in [-0.3, -0.25) is 0 Å². The van der Waals surface area contributed by atoms with Crippen molar-refractivity contribution in [1.29, 1.82) is 0 Å². The quantitative estimate of drug-likeness (QED) is 0.894. The van der Waals surface area contributed by atoms with Gasteiger partial charge in [-0.05, 0) is 32.7 Å². The number of hydrogen-bond donors (Lipinski definition) is 1. The van der Waals surface area contributed by atoms with Crippen LogP contribution < -0.4 is 10.6 Å². The first-order chi connectivity index (χ1) is 9.20. The number of aromatic nitrogens is 2. The van der Waals surface area contributed by atoms with Crippen LogP contribution in [0.2, 0.25) is 0 Å². The van der Waals surface area contributed by atoms with Crippen LogP contribution in [0.5, 0.6) is 0 Å². The van der Waals surface area contributed by atoms with Gasteiger partial charge in [0, 0.05) is 23.4 Å². The van der Waals surface area contributed by atoms with Gasteiger partial charge in [-0.2, -0.15) is 5.10 Å². The Morgan fingerprint density at radius 3 is 2.68 bits per heavy atom. The van der Waals surface area contributed by atoms with Crippen LogP contribution >= 0.6 is 0 Å². The van der Waals surface area contributed by atoms with Gasteiger partial charge in [0.1, 0.15) is 0 Å². The van der Waals surface area contributed by atoms with E-state index < -0.39 is 0 Å². The molecule has 19 heavy (non-hydrogen) atoms. The summed E-state index contributed by atoms with van der Waals surface area (Å²) in [6, 6.07) is 8.85. The zero-order valence-corrected chi connectivity index (χ0v) is 11.5. The first-order valence-corrected chi connectivity index (χ1v) is 6.89. The summed E-state index contributed by atoms with van der Waals surface area (Å²) in [6.45, 7) is 5.98. The Labute approximate surface area is 113 Å². The number of benzene rings is 1. The largest absolute Gasteiger partial charge is 0.352 e. The predicted molar refractivity (Wildman–Crippen MR) is 78.2 cm³/mol. The molecule has 2 unspecified atom stereocenters. The summed E-state index contributed by atoms with van der Waals surface area (Å²) in [5.74, 6) is 1.57. The van der Waals surface area contributed by atoms with Gasteiger partial charge in [0.25, 0.3) is 0 Å². The lowest BCUT2D eigenvalue weighted by Crippen LogP contribution is -2.29. The van der Waals surface area contributed by atoms with Gasteiger partial charge in [0.15, 0.2) is 5.82 Å². The minimum absolute atomic E-state index is 0.481. The molecule has 1 aliphatic rings. The maximum atomic E-state index is 5.81. The van der Waals surface area contributed by atoms with E-state index in [9.17, 15) is 0 Å². The molecule has 100 valence electrons. The van der Waals surface area contributed by atoms with Gasteiger partial charge >= 0.3 is 0 Å². The average Bonchev–Trinajstić information content (AvgIpc) is 2.81. The topological polar surface area (TPSA) is 55.0 Å². The maximum Gasteiger partial charge on any atom is 0.159 e. The molecule has 1 aromatic heterocycles. The summed E-state index contributed by atoms with van der Waals surface area (Å²) in [7, 11) is 0. The smallest absolute Gasteiger partial charge is 0.159 e. The van der Waals surface area contributed by atoms with E-state index in [0.717, 1.165) is 31.0 Å². The van der Waals surface area contributed by atoms with Crippen LogP contribution in [0, 0.1) is 12.8 Å². The number of nitrogens with zero attached hydrogens (tertiary/aromatic N) is 3. The summed E-state index contributed by atoms with van der Waals surface area (Å²) in [5, 5.41) is 11.1. The van der Waals surface area contributed by atoms with E-state index in [1.807, 2.05) is 6.92 Å². The molecule has 2 N–H and O–H groups in total. The molecule has 1 aromatic carbocycles. The summed E-state index contributed by atoms with van der Waals surface area (Å²) in [6.07, 6.45) is 1.14. The lowest BCUT2D eigenvalue weighted by molar-refractivity contribution is 0.579. The molecule has 0 bridgehead atoms. The molecular formula is C15H20N4. The second-order valence-electron chi connectivity index (χ2n) is 5.49. The monoisotopic (exact) mass is 256 g/mol. The van der Waals surface area contributed by atoms with Crippen molar-refractivity contribution in [3.63, 3.8) is 0 Å². The highest BCUT2D eigenvalue weighted by Gasteiger charge is 2.30. The molecule has 2 heterocycles. The van der Waals surface area contributed by atoms with Crippen LogP contribution in [0.1, 0.15) is 19.0 Å². The van der Waals surface area contributed by atoms with Crippen LogP contribution in [-0.2, 0) is 0 Å². The molecular weight excluding hydrogens is 236 g/mol. The van der Waals surface area contributed by atoms with Crippen LogP contribution in [0.4, 0.5) is 5.82 Å². The number of fused-ring (bicyclic) bond motifs is 1. The molecule has 0 radical (unpaired) electrons. The second kappa shape index (κ2) is 4.78. The normalized spacial score (nSPS) is 23.2. The average molecular weight is 256 g/mol. The van der Waals surface area contributed by atoms with Crippen molar-refractivity contribution in [1.82, 2.24) is 10.2 Å². The van der Waals surface area contributed by atoms with Gasteiger partial charge in [-0.25, -0.2) is 0 Å². The molecule has 3 rings (SSSR count). The predicted octanol–water partition coefficient (Wildman–Crippen LogP) is 2.11. The highest BCUT2D eigenvalue weighted by atomic mass is 15.3. The zero-order chi connectivity index (χ0) is 13.4. The fraction of sp³-hybridized carbons (Fsp3) is 0.467. The summed E-state index contributed by atoms with van der Waals surface area (Å²) >= 11 is 0. The van der Waals surface area contributed by atoms with Crippen LogP contribution in [0.25, 0.3) is 10.8 Å². The molecule has 0 spiro atoms. The van der Waals surface area contributed by atoms with E-state index in [1.165, 1.54) is 10.8 Å². The zero-order valence-electron chi connectivity index (χ0n) is 11.5. The first-order valence-electron chi connectivity index (χ1n) is 6.89. The van der Waals surface area contributed by atoms with E-state index in [2.05, 4.69) is 46.3 Å². The molecule has 0 saturated carbocycles. The second-order valence-corrected chi connectivity index (χ2v) is 5.49. The third-order valence-electron chi connectivity index (χ3n) is 4.12. The highest BCUT2D eigenvalue weighted by Crippen LogP contribution is 2.32. The van der Waals surface area contributed by atoms with E-state index in [1.54, 1.807) is 0 Å². The van der Waals surface area contributed by atoms with Crippen molar-refractivity contribution in [3.05, 3.63) is 30.0 Å². The first kappa shape index (κ1) is 12.4. The summed E-state index contributed by atoms with van der Waals surface area (Å²) < 4.78 is 0. The number of rotatable bonds is 2. The van der Waals surface area contributed by atoms with Crippen LogP contribution in [-0.4, -0.2) is 29.3 Å². The minimum atomic E-state index is 0.481. The Morgan fingerprint density at radius 1 is 1.26 bits per heavy atom. The fourth-order valence-electron chi connectivity index (χ4n) is 3.04. The van der Waals surface area contributed by atoms with Crippen molar-refractivity contribution in [2.45, 2.75) is 26.3 Å². The molecule has 4 heteroatoms. The van der Waals surface area contributed by atoms with Gasteiger partial charge in [0.2, 0.25) is 0 Å². The molecule has 1 aliphatic heterocycles. The fourth-order valence-corrected chi connectivity index (χ4v) is 3.04.